The van der Waals surface area contributed by atoms with Gasteiger partial charge in [-0.2, -0.15) is 0 Å². The van der Waals surface area contributed by atoms with Crippen LogP contribution in [0.1, 0.15) is 24.1 Å². The first-order chi connectivity index (χ1) is 11.5. The van der Waals surface area contributed by atoms with Gasteiger partial charge in [-0.15, -0.1) is 0 Å². The zero-order valence-corrected chi connectivity index (χ0v) is 15.9. The summed E-state index contributed by atoms with van der Waals surface area (Å²) < 4.78 is 6.40. The summed E-state index contributed by atoms with van der Waals surface area (Å²) in [5, 5.41) is 3.05. The lowest BCUT2D eigenvalue weighted by atomic mass is 10.1. The van der Waals surface area contributed by atoms with E-state index in [1.54, 1.807) is 7.11 Å². The molecule has 1 amide bonds. The van der Waals surface area contributed by atoms with Crippen molar-refractivity contribution in [2.75, 3.05) is 20.7 Å². The van der Waals surface area contributed by atoms with E-state index >= 15 is 0 Å². The van der Waals surface area contributed by atoms with E-state index in [1.165, 1.54) is 0 Å². The third-order valence-electron chi connectivity index (χ3n) is 3.87. The summed E-state index contributed by atoms with van der Waals surface area (Å²) in [5.74, 6) is 0.883. The lowest BCUT2D eigenvalue weighted by molar-refractivity contribution is -0.885. The van der Waals surface area contributed by atoms with Crippen LogP contribution < -0.4 is 15.0 Å². The Kier molecular flexibility index (Phi) is 6.82. The maximum absolute atomic E-state index is 12.3. The summed E-state index contributed by atoms with van der Waals surface area (Å²) in [6.07, 6.45) is 0. The molecule has 0 saturated carbocycles. The molecule has 128 valence electrons. The number of likely N-dealkylation sites (N-methyl/N-ethyl adjacent to an activating group) is 1. The molecule has 1 unspecified atom stereocenters. The molecule has 0 radical (unpaired) electrons. The van der Waals surface area contributed by atoms with Crippen molar-refractivity contribution in [1.82, 2.24) is 5.32 Å². The third kappa shape index (κ3) is 5.35. The normalized spacial score (nSPS) is 13.2. The number of carbonyl (C=O) groups excluding carboxylic acids is 1. The van der Waals surface area contributed by atoms with Crippen molar-refractivity contribution in [2.45, 2.75) is 19.5 Å². The Morgan fingerprint density at radius 3 is 2.62 bits per heavy atom. The van der Waals surface area contributed by atoms with Gasteiger partial charge >= 0.3 is 0 Å². The first kappa shape index (κ1) is 18.5. The maximum atomic E-state index is 12.3. The molecule has 0 aliphatic heterocycles. The van der Waals surface area contributed by atoms with Gasteiger partial charge in [-0.1, -0.05) is 46.3 Å². The Hall–Kier alpha value is -1.85. The zero-order valence-electron chi connectivity index (χ0n) is 14.3. The number of halogens is 1. The fourth-order valence-corrected chi connectivity index (χ4v) is 3.07. The van der Waals surface area contributed by atoms with E-state index in [9.17, 15) is 4.79 Å². The molecular formula is C19H24BrN2O2+. The van der Waals surface area contributed by atoms with E-state index in [-0.39, 0.29) is 11.9 Å². The van der Waals surface area contributed by atoms with Gasteiger partial charge in [0.15, 0.2) is 6.54 Å². The Balaban J connectivity index is 1.91. The summed E-state index contributed by atoms with van der Waals surface area (Å²) in [6.45, 7) is 3.13. The van der Waals surface area contributed by atoms with E-state index in [1.807, 2.05) is 62.5 Å². The topological polar surface area (TPSA) is 42.8 Å². The molecule has 0 fully saturated rings. The van der Waals surface area contributed by atoms with Gasteiger partial charge in [-0.05, 0) is 30.7 Å². The Morgan fingerprint density at radius 2 is 1.96 bits per heavy atom. The monoisotopic (exact) mass is 391 g/mol. The highest BCUT2D eigenvalue weighted by Gasteiger charge is 2.16. The predicted octanol–water partition coefficient (Wildman–Crippen LogP) is 2.35. The van der Waals surface area contributed by atoms with Crippen LogP contribution in [0.4, 0.5) is 0 Å². The van der Waals surface area contributed by atoms with Crippen molar-refractivity contribution in [3.8, 4) is 5.75 Å². The summed E-state index contributed by atoms with van der Waals surface area (Å²) >= 11 is 3.48. The fourth-order valence-electron chi connectivity index (χ4n) is 2.66. The minimum Gasteiger partial charge on any atom is -0.496 e. The highest BCUT2D eigenvalue weighted by Crippen LogP contribution is 2.22. The number of quaternary nitrogens is 1. The van der Waals surface area contributed by atoms with Crippen molar-refractivity contribution >= 4 is 21.8 Å². The quantitative estimate of drug-likeness (QED) is 0.760. The van der Waals surface area contributed by atoms with Gasteiger partial charge in [0.2, 0.25) is 0 Å². The van der Waals surface area contributed by atoms with Crippen LogP contribution in [0.15, 0.2) is 53.0 Å². The van der Waals surface area contributed by atoms with Gasteiger partial charge in [0.05, 0.1) is 20.2 Å². The molecule has 24 heavy (non-hydrogen) atoms. The number of amides is 1. The van der Waals surface area contributed by atoms with Crippen LogP contribution in [0.2, 0.25) is 0 Å². The number of hydrogen-bond acceptors (Lipinski definition) is 2. The van der Waals surface area contributed by atoms with E-state index in [2.05, 4.69) is 21.2 Å². The second-order valence-electron chi connectivity index (χ2n) is 5.97. The molecule has 0 heterocycles. The molecule has 0 aliphatic carbocycles. The standard InChI is InChI=1S/C19H23BrN2O2/c1-14(15-7-5-4-6-8-15)21-19(23)13-22(2)12-16-11-17(20)9-10-18(16)24-3/h4-11,14H,12-13H2,1-3H3,(H,21,23)/p+1/t14-/m1/s1. The van der Waals surface area contributed by atoms with Crippen molar-refractivity contribution in [3.05, 3.63) is 64.1 Å². The molecule has 2 atom stereocenters. The van der Waals surface area contributed by atoms with Crippen molar-refractivity contribution in [2.24, 2.45) is 0 Å². The van der Waals surface area contributed by atoms with Gasteiger partial charge in [0, 0.05) is 10.0 Å². The SMILES string of the molecule is COc1ccc(Br)cc1C[NH+](C)CC(=O)N[C@H](C)c1ccccc1. The molecule has 0 spiro atoms. The number of hydrogen-bond donors (Lipinski definition) is 2. The summed E-state index contributed by atoms with van der Waals surface area (Å²) in [5.41, 5.74) is 2.19. The van der Waals surface area contributed by atoms with Crippen molar-refractivity contribution in [1.29, 1.82) is 0 Å². The lowest BCUT2D eigenvalue weighted by Gasteiger charge is -2.18. The fraction of sp³-hybridized carbons (Fsp3) is 0.316. The first-order valence-electron chi connectivity index (χ1n) is 7.97. The van der Waals surface area contributed by atoms with Crippen LogP contribution in [0.3, 0.4) is 0 Å². The van der Waals surface area contributed by atoms with E-state index in [4.69, 9.17) is 4.74 Å². The Bertz CT molecular complexity index is 676. The maximum Gasteiger partial charge on any atom is 0.275 e. The highest BCUT2D eigenvalue weighted by atomic mass is 79.9. The summed E-state index contributed by atoms with van der Waals surface area (Å²) in [6, 6.07) is 15.9. The zero-order chi connectivity index (χ0) is 17.5. The average molecular weight is 392 g/mol. The number of ether oxygens (including phenoxy) is 1. The second-order valence-corrected chi connectivity index (χ2v) is 6.88. The van der Waals surface area contributed by atoms with Crippen LogP contribution in [0.25, 0.3) is 0 Å². The average Bonchev–Trinajstić information content (AvgIpc) is 2.55. The first-order valence-corrected chi connectivity index (χ1v) is 8.77. The molecule has 2 aromatic carbocycles. The number of rotatable bonds is 7. The minimum absolute atomic E-state index is 0.00639. The highest BCUT2D eigenvalue weighted by molar-refractivity contribution is 9.10. The van der Waals surface area contributed by atoms with Crippen LogP contribution in [0, 0.1) is 0 Å². The molecule has 0 aliphatic rings. The van der Waals surface area contributed by atoms with Gasteiger partial charge < -0.3 is 15.0 Å². The molecular weight excluding hydrogens is 368 g/mol. The van der Waals surface area contributed by atoms with Crippen molar-refractivity contribution in [3.63, 3.8) is 0 Å². The molecule has 5 heteroatoms. The smallest absolute Gasteiger partial charge is 0.275 e. The van der Waals surface area contributed by atoms with Gasteiger partial charge in [-0.25, -0.2) is 0 Å². The summed E-state index contributed by atoms with van der Waals surface area (Å²) in [4.78, 5) is 13.4. The van der Waals surface area contributed by atoms with Crippen molar-refractivity contribution < 1.29 is 14.4 Å². The van der Waals surface area contributed by atoms with E-state index < -0.39 is 0 Å². The lowest BCUT2D eigenvalue weighted by Crippen LogP contribution is -3.08. The number of benzene rings is 2. The molecule has 4 nitrogen and oxygen atoms in total. The van der Waals surface area contributed by atoms with Crippen LogP contribution in [-0.4, -0.2) is 26.6 Å². The molecule has 2 rings (SSSR count). The predicted molar refractivity (Wildman–Crippen MR) is 99.2 cm³/mol. The second kappa shape index (κ2) is 8.85. The van der Waals surface area contributed by atoms with Crippen LogP contribution in [0.5, 0.6) is 5.75 Å². The summed E-state index contributed by atoms with van der Waals surface area (Å²) in [7, 11) is 3.67. The molecule has 0 bridgehead atoms. The Labute approximate surface area is 151 Å². The van der Waals surface area contributed by atoms with Gasteiger partial charge in [0.25, 0.3) is 5.91 Å². The minimum atomic E-state index is 0.00639. The molecule has 0 saturated heterocycles. The largest absolute Gasteiger partial charge is 0.496 e. The third-order valence-corrected chi connectivity index (χ3v) is 4.37. The van der Waals surface area contributed by atoms with E-state index in [0.717, 1.165) is 32.8 Å². The van der Waals surface area contributed by atoms with Crippen LogP contribution in [-0.2, 0) is 11.3 Å². The molecule has 2 N–H and O–H groups in total. The van der Waals surface area contributed by atoms with Gasteiger partial charge in [0.1, 0.15) is 12.3 Å². The number of nitrogens with one attached hydrogen (secondary N) is 2. The van der Waals surface area contributed by atoms with Gasteiger partial charge in [-0.3, -0.25) is 4.79 Å². The Morgan fingerprint density at radius 1 is 1.25 bits per heavy atom. The number of carbonyl (C=O) groups is 1. The van der Waals surface area contributed by atoms with Crippen LogP contribution >= 0.6 is 15.9 Å². The molecule has 2 aromatic rings. The number of methoxy groups -OCH3 is 1. The van der Waals surface area contributed by atoms with E-state index in [0.29, 0.717) is 6.54 Å². The molecule has 0 aromatic heterocycles.